The molecule has 0 spiro atoms. The molecule has 0 aliphatic heterocycles. The molecule has 11 rings (SSSR count). The minimum Gasteiger partial charge on any atom is -0.456 e. The van der Waals surface area contributed by atoms with Gasteiger partial charge in [0, 0.05) is 32.9 Å². The molecule has 0 N–H and O–H groups in total. The van der Waals surface area contributed by atoms with E-state index in [1.807, 2.05) is 6.07 Å². The maximum absolute atomic E-state index is 6.48. The number of hydrogen-bond donors (Lipinski definition) is 0. The summed E-state index contributed by atoms with van der Waals surface area (Å²) in [5.41, 5.74) is 8.55. The normalized spacial score (nSPS) is 11.9. The molecule has 2 heterocycles. The molecule has 51 heavy (non-hydrogen) atoms. The van der Waals surface area contributed by atoms with Crippen LogP contribution >= 0.6 is 0 Å². The summed E-state index contributed by atoms with van der Waals surface area (Å²) in [4.78, 5) is 2.46. The van der Waals surface area contributed by atoms with Gasteiger partial charge in [0.2, 0.25) is 0 Å². The molecule has 0 radical (unpaired) electrons. The summed E-state index contributed by atoms with van der Waals surface area (Å²) in [6.45, 7) is 0. The molecule has 0 unspecified atom stereocenters. The molecule has 0 aliphatic rings. The third-order valence-corrected chi connectivity index (χ3v) is 10.5. The molecule has 9 aromatic carbocycles. The monoisotopic (exact) mass is 650 g/mol. The van der Waals surface area contributed by atoms with Gasteiger partial charge in [-0.05, 0) is 87.6 Å². The fourth-order valence-electron chi connectivity index (χ4n) is 8.33. The van der Waals surface area contributed by atoms with Gasteiger partial charge in [-0.15, -0.1) is 0 Å². The Bertz CT molecular complexity index is 3150. The molecule has 0 amide bonds. The topological polar surface area (TPSA) is 21.3 Å². The third-order valence-electron chi connectivity index (χ3n) is 10.5. The van der Waals surface area contributed by atoms with Crippen LogP contribution in [-0.4, -0.2) is 4.57 Å². The number of rotatable bonds is 4. The van der Waals surface area contributed by atoms with E-state index >= 15 is 0 Å². The first kappa shape index (κ1) is 28.0. The molecule has 0 saturated carbocycles. The lowest BCUT2D eigenvalue weighted by Crippen LogP contribution is -2.11. The minimum absolute atomic E-state index is 0.871. The highest BCUT2D eigenvalue weighted by Crippen LogP contribution is 2.48. The Hall–Kier alpha value is -6.84. The van der Waals surface area contributed by atoms with Gasteiger partial charge < -0.3 is 13.9 Å². The van der Waals surface area contributed by atoms with Gasteiger partial charge in [-0.3, -0.25) is 0 Å². The van der Waals surface area contributed by atoms with Gasteiger partial charge >= 0.3 is 0 Å². The second-order valence-electron chi connectivity index (χ2n) is 13.3. The van der Waals surface area contributed by atoms with E-state index < -0.39 is 0 Å². The Morgan fingerprint density at radius 3 is 1.92 bits per heavy atom. The average molecular weight is 651 g/mol. The van der Waals surface area contributed by atoms with Crippen molar-refractivity contribution in [2.45, 2.75) is 0 Å². The van der Waals surface area contributed by atoms with Crippen molar-refractivity contribution in [3.05, 3.63) is 182 Å². The van der Waals surface area contributed by atoms with Crippen LogP contribution in [0, 0.1) is 0 Å². The molecule has 0 fully saturated rings. The van der Waals surface area contributed by atoms with Crippen LogP contribution in [0.25, 0.3) is 81.7 Å². The van der Waals surface area contributed by atoms with E-state index in [1.165, 1.54) is 54.1 Å². The number of fused-ring (bicyclic) bond motifs is 11. The van der Waals surface area contributed by atoms with Gasteiger partial charge in [0.05, 0.1) is 27.8 Å². The first-order valence-electron chi connectivity index (χ1n) is 17.4. The van der Waals surface area contributed by atoms with E-state index in [0.29, 0.717) is 0 Å². The second kappa shape index (κ2) is 10.8. The fourth-order valence-corrected chi connectivity index (χ4v) is 8.33. The molecule has 3 nitrogen and oxygen atoms in total. The second-order valence-corrected chi connectivity index (χ2v) is 13.3. The summed E-state index contributed by atoms with van der Waals surface area (Å²) in [6.07, 6.45) is 0. The van der Waals surface area contributed by atoms with Crippen molar-refractivity contribution in [1.82, 2.24) is 4.57 Å². The predicted octanol–water partition coefficient (Wildman–Crippen LogP) is 13.6. The Morgan fingerprint density at radius 2 is 1.04 bits per heavy atom. The molecule has 238 valence electrons. The highest BCUT2D eigenvalue weighted by molar-refractivity contribution is 6.23. The van der Waals surface area contributed by atoms with Crippen molar-refractivity contribution in [1.29, 1.82) is 0 Å². The van der Waals surface area contributed by atoms with Gasteiger partial charge in [0.15, 0.2) is 0 Å². The number of furan rings is 1. The van der Waals surface area contributed by atoms with Crippen LogP contribution in [0.2, 0.25) is 0 Å². The summed E-state index contributed by atoms with van der Waals surface area (Å²) in [5.74, 6) is 0. The molecular weight excluding hydrogens is 621 g/mol. The largest absolute Gasteiger partial charge is 0.456 e. The van der Waals surface area contributed by atoms with Crippen LogP contribution in [-0.2, 0) is 0 Å². The van der Waals surface area contributed by atoms with E-state index in [9.17, 15) is 0 Å². The number of para-hydroxylation sites is 3. The van der Waals surface area contributed by atoms with Gasteiger partial charge in [0.25, 0.3) is 0 Å². The summed E-state index contributed by atoms with van der Waals surface area (Å²) < 4.78 is 8.86. The molecular formula is C48H30N2O. The molecule has 11 aromatic rings. The molecule has 0 saturated heterocycles. The number of benzene rings is 9. The lowest BCUT2D eigenvalue weighted by Gasteiger charge is -2.28. The van der Waals surface area contributed by atoms with Crippen molar-refractivity contribution >= 4 is 93.1 Å². The minimum atomic E-state index is 0.871. The lowest BCUT2D eigenvalue weighted by molar-refractivity contribution is 0.669. The average Bonchev–Trinajstić information content (AvgIpc) is 3.74. The van der Waals surface area contributed by atoms with Crippen LogP contribution in [0.1, 0.15) is 0 Å². The summed E-state index contributed by atoms with van der Waals surface area (Å²) in [5, 5.41) is 12.0. The third kappa shape index (κ3) is 4.12. The SMILES string of the molecule is c1ccc(-n2c3ccccc3c3cc(N(c4cc5c6ccccc6ccc5c5ccccc45)c4cccc5oc6ccccc6c45)ccc32)cc1. The van der Waals surface area contributed by atoms with Gasteiger partial charge in [0.1, 0.15) is 11.2 Å². The first-order chi connectivity index (χ1) is 25.3. The lowest BCUT2D eigenvalue weighted by atomic mass is 9.95. The number of nitrogens with zero attached hydrogens (tertiary/aromatic N) is 2. The highest BCUT2D eigenvalue weighted by Gasteiger charge is 2.23. The molecule has 3 heteroatoms. The standard InChI is InChI=1S/C48H30N2O/c1-2-14-32(15-3-1)49-42-21-10-8-19-38(42)41-29-33(26-28-43(41)49)50(44-22-12-24-47-48(44)39-20-9-11-23-46(39)51-47)45-30-40-34-16-5-4-13-31(34)25-27-36(40)35-17-6-7-18-37(35)45/h1-30H. The summed E-state index contributed by atoms with van der Waals surface area (Å²) >= 11 is 0. The Balaban J connectivity index is 1.29. The van der Waals surface area contributed by atoms with E-state index in [0.717, 1.165) is 44.7 Å². The van der Waals surface area contributed by atoms with E-state index in [4.69, 9.17) is 4.42 Å². The molecule has 2 aromatic heterocycles. The quantitative estimate of drug-likeness (QED) is 0.177. The van der Waals surface area contributed by atoms with Crippen molar-refractivity contribution in [2.75, 3.05) is 4.90 Å². The zero-order valence-corrected chi connectivity index (χ0v) is 27.6. The summed E-state index contributed by atoms with van der Waals surface area (Å²) in [6, 6.07) is 65.6. The van der Waals surface area contributed by atoms with Crippen molar-refractivity contribution in [2.24, 2.45) is 0 Å². The molecule has 0 bridgehead atoms. The van der Waals surface area contributed by atoms with Crippen LogP contribution in [0.15, 0.2) is 186 Å². The fraction of sp³-hybridized carbons (Fsp3) is 0. The van der Waals surface area contributed by atoms with Crippen LogP contribution in [0.3, 0.4) is 0 Å². The Labute approximate surface area is 293 Å². The number of aromatic nitrogens is 1. The maximum Gasteiger partial charge on any atom is 0.137 e. The summed E-state index contributed by atoms with van der Waals surface area (Å²) in [7, 11) is 0. The van der Waals surface area contributed by atoms with Crippen LogP contribution < -0.4 is 4.90 Å². The number of anilines is 3. The zero-order valence-electron chi connectivity index (χ0n) is 27.6. The predicted molar refractivity (Wildman–Crippen MR) is 215 cm³/mol. The van der Waals surface area contributed by atoms with E-state index in [1.54, 1.807) is 0 Å². The Kier molecular flexibility index (Phi) is 5.96. The smallest absolute Gasteiger partial charge is 0.137 e. The van der Waals surface area contributed by atoms with Gasteiger partial charge in [-0.25, -0.2) is 0 Å². The van der Waals surface area contributed by atoms with Crippen molar-refractivity contribution < 1.29 is 4.42 Å². The molecule has 0 aliphatic carbocycles. The highest BCUT2D eigenvalue weighted by atomic mass is 16.3. The molecule has 0 atom stereocenters. The van der Waals surface area contributed by atoms with Crippen LogP contribution in [0.4, 0.5) is 17.1 Å². The van der Waals surface area contributed by atoms with E-state index in [2.05, 4.69) is 185 Å². The van der Waals surface area contributed by atoms with Gasteiger partial charge in [-0.1, -0.05) is 121 Å². The Morgan fingerprint density at radius 1 is 0.373 bits per heavy atom. The first-order valence-corrected chi connectivity index (χ1v) is 17.4. The zero-order chi connectivity index (χ0) is 33.5. The van der Waals surface area contributed by atoms with E-state index in [-0.39, 0.29) is 0 Å². The van der Waals surface area contributed by atoms with Crippen molar-refractivity contribution in [3.8, 4) is 5.69 Å². The van der Waals surface area contributed by atoms with Crippen molar-refractivity contribution in [3.63, 3.8) is 0 Å². The number of hydrogen-bond acceptors (Lipinski definition) is 2. The van der Waals surface area contributed by atoms with Crippen LogP contribution in [0.5, 0.6) is 0 Å². The van der Waals surface area contributed by atoms with Gasteiger partial charge in [-0.2, -0.15) is 0 Å². The maximum atomic E-state index is 6.48.